The van der Waals surface area contributed by atoms with Gasteiger partial charge in [-0.1, -0.05) is 32.9 Å². The van der Waals surface area contributed by atoms with Crippen LogP contribution in [0.2, 0.25) is 0 Å². The van der Waals surface area contributed by atoms with Crippen molar-refractivity contribution in [3.05, 3.63) is 39.9 Å². The number of hydrogen-bond donors (Lipinski definition) is 0. The molecular weight excluding hydrogens is 178 g/mol. The molecule has 3 nitrogen and oxygen atoms in total. The summed E-state index contributed by atoms with van der Waals surface area (Å²) in [5, 5.41) is 10.2. The lowest BCUT2D eigenvalue weighted by atomic mass is 10.2. The summed E-state index contributed by atoms with van der Waals surface area (Å²) in [7, 11) is 0. The number of nitro groups is 1. The van der Waals surface area contributed by atoms with Gasteiger partial charge in [-0.2, -0.15) is 0 Å². The van der Waals surface area contributed by atoms with Crippen molar-refractivity contribution < 1.29 is 4.92 Å². The molecule has 0 heterocycles. The Balaban J connectivity index is 0.000000364. The smallest absolute Gasteiger partial charge is 0.258 e. The van der Waals surface area contributed by atoms with Crippen molar-refractivity contribution in [3.8, 4) is 0 Å². The topological polar surface area (TPSA) is 43.1 Å². The summed E-state index contributed by atoms with van der Waals surface area (Å²) in [6.07, 6.45) is 0. The summed E-state index contributed by atoms with van der Waals surface area (Å²) < 4.78 is 0. The average Bonchev–Trinajstić information content (AvgIpc) is 2.03. The zero-order valence-electron chi connectivity index (χ0n) is 9.15. The highest BCUT2D eigenvalue weighted by atomic mass is 16.6. The third-order valence-electron chi connectivity index (χ3n) is 1.21. The Labute approximate surface area is 84.9 Å². The first-order valence-corrected chi connectivity index (χ1v) is 4.64. The Morgan fingerprint density at radius 3 is 2.07 bits per heavy atom. The van der Waals surface area contributed by atoms with Crippen molar-refractivity contribution in [2.24, 2.45) is 5.92 Å². The fraction of sp³-hybridized carbons (Fsp3) is 0.455. The molecule has 0 saturated carbocycles. The molecule has 0 aliphatic carbocycles. The number of non-ortho nitro benzene ring substituents is 1. The lowest BCUT2D eigenvalue weighted by Crippen LogP contribution is -1.86. The first kappa shape index (κ1) is 12.6. The molecule has 0 saturated heterocycles. The number of benzene rings is 1. The zero-order valence-corrected chi connectivity index (χ0v) is 9.15. The summed E-state index contributed by atoms with van der Waals surface area (Å²) in [6, 6.07) is 6.52. The molecule has 0 unspecified atom stereocenters. The second-order valence-electron chi connectivity index (χ2n) is 3.83. The molecule has 3 heteroatoms. The lowest BCUT2D eigenvalue weighted by Gasteiger charge is -1.90. The van der Waals surface area contributed by atoms with Crippen LogP contribution in [0, 0.1) is 23.0 Å². The van der Waals surface area contributed by atoms with Gasteiger partial charge in [0.05, 0.1) is 4.92 Å². The van der Waals surface area contributed by atoms with E-state index in [1.54, 1.807) is 12.1 Å². The molecule has 1 aromatic rings. The molecular formula is C11H17NO2. The number of nitrogens with zero attached hydrogens (tertiary/aromatic N) is 1. The second kappa shape index (κ2) is 6.13. The van der Waals surface area contributed by atoms with Crippen LogP contribution < -0.4 is 0 Å². The van der Waals surface area contributed by atoms with Crippen molar-refractivity contribution in [3.63, 3.8) is 0 Å². The molecule has 14 heavy (non-hydrogen) atoms. The maximum Gasteiger partial charge on any atom is 0.269 e. The van der Waals surface area contributed by atoms with Gasteiger partial charge in [0, 0.05) is 12.1 Å². The maximum atomic E-state index is 10.2. The molecule has 0 fully saturated rings. The van der Waals surface area contributed by atoms with Crippen LogP contribution in [0.15, 0.2) is 24.3 Å². The summed E-state index contributed by atoms with van der Waals surface area (Å²) in [5.74, 6) is 0.833. The van der Waals surface area contributed by atoms with E-state index in [9.17, 15) is 10.1 Å². The van der Waals surface area contributed by atoms with Gasteiger partial charge in [0.15, 0.2) is 0 Å². The molecule has 0 bridgehead atoms. The van der Waals surface area contributed by atoms with Crippen molar-refractivity contribution in [1.29, 1.82) is 0 Å². The Morgan fingerprint density at radius 2 is 1.79 bits per heavy atom. The Morgan fingerprint density at radius 1 is 1.29 bits per heavy atom. The number of hydrogen-bond acceptors (Lipinski definition) is 2. The lowest BCUT2D eigenvalue weighted by molar-refractivity contribution is -0.384. The van der Waals surface area contributed by atoms with Crippen LogP contribution in [-0.4, -0.2) is 4.92 Å². The minimum absolute atomic E-state index is 0.153. The first-order valence-electron chi connectivity index (χ1n) is 4.64. The van der Waals surface area contributed by atoms with Crippen molar-refractivity contribution >= 4 is 5.69 Å². The van der Waals surface area contributed by atoms with Gasteiger partial charge in [-0.25, -0.2) is 0 Å². The standard InChI is InChI=1S/C7H7NO2.C4H10/c1-6-3-2-4-7(5-6)8(9)10;1-4(2)3/h2-5H,1H3;4H,1-3H3. The van der Waals surface area contributed by atoms with E-state index in [0.717, 1.165) is 11.5 Å². The van der Waals surface area contributed by atoms with Gasteiger partial charge < -0.3 is 0 Å². The van der Waals surface area contributed by atoms with E-state index in [1.807, 2.05) is 13.0 Å². The monoisotopic (exact) mass is 195 g/mol. The highest BCUT2D eigenvalue weighted by Gasteiger charge is 2.01. The average molecular weight is 195 g/mol. The third-order valence-corrected chi connectivity index (χ3v) is 1.21. The van der Waals surface area contributed by atoms with Crippen molar-refractivity contribution in [2.45, 2.75) is 27.7 Å². The van der Waals surface area contributed by atoms with E-state index < -0.39 is 4.92 Å². The zero-order chi connectivity index (χ0) is 11.1. The van der Waals surface area contributed by atoms with Crippen LogP contribution in [0.3, 0.4) is 0 Å². The van der Waals surface area contributed by atoms with Gasteiger partial charge >= 0.3 is 0 Å². The fourth-order valence-electron chi connectivity index (χ4n) is 0.742. The fourth-order valence-corrected chi connectivity index (χ4v) is 0.742. The largest absolute Gasteiger partial charge is 0.269 e. The minimum Gasteiger partial charge on any atom is -0.258 e. The Kier molecular flexibility index (Phi) is 5.53. The van der Waals surface area contributed by atoms with Gasteiger partial charge in [0.25, 0.3) is 5.69 Å². The summed E-state index contributed by atoms with van der Waals surface area (Å²) in [5.41, 5.74) is 1.06. The number of aryl methyl sites for hydroxylation is 1. The predicted octanol–water partition coefficient (Wildman–Crippen LogP) is 3.57. The van der Waals surface area contributed by atoms with E-state index in [0.29, 0.717) is 0 Å². The van der Waals surface area contributed by atoms with Crippen molar-refractivity contribution in [1.82, 2.24) is 0 Å². The van der Waals surface area contributed by atoms with Gasteiger partial charge in [-0.3, -0.25) is 10.1 Å². The first-order chi connectivity index (χ1) is 6.43. The summed E-state index contributed by atoms with van der Waals surface area (Å²) >= 11 is 0. The van der Waals surface area contributed by atoms with Crippen molar-refractivity contribution in [2.75, 3.05) is 0 Å². The van der Waals surface area contributed by atoms with Gasteiger partial charge in [0.2, 0.25) is 0 Å². The minimum atomic E-state index is -0.396. The van der Waals surface area contributed by atoms with Gasteiger partial charge in [-0.15, -0.1) is 0 Å². The van der Waals surface area contributed by atoms with E-state index >= 15 is 0 Å². The van der Waals surface area contributed by atoms with Crippen LogP contribution in [0.1, 0.15) is 26.3 Å². The van der Waals surface area contributed by atoms with Crippen LogP contribution in [-0.2, 0) is 0 Å². The SMILES string of the molecule is CC(C)C.Cc1cccc([N+](=O)[O-])c1. The third kappa shape index (κ3) is 6.17. The van der Waals surface area contributed by atoms with E-state index in [2.05, 4.69) is 20.8 Å². The molecule has 0 spiro atoms. The molecule has 1 aromatic carbocycles. The quantitative estimate of drug-likeness (QED) is 0.508. The van der Waals surface area contributed by atoms with Gasteiger partial charge in [0.1, 0.15) is 0 Å². The Bertz CT molecular complexity index is 292. The Hall–Kier alpha value is -1.38. The molecule has 0 aromatic heterocycles. The van der Waals surface area contributed by atoms with Gasteiger partial charge in [-0.05, 0) is 18.4 Å². The van der Waals surface area contributed by atoms with E-state index in [1.165, 1.54) is 6.07 Å². The highest BCUT2D eigenvalue weighted by Crippen LogP contribution is 2.11. The molecule has 78 valence electrons. The summed E-state index contributed by atoms with van der Waals surface area (Å²) in [6.45, 7) is 8.33. The molecule has 0 amide bonds. The molecule has 0 atom stereocenters. The van der Waals surface area contributed by atoms with E-state index in [-0.39, 0.29) is 5.69 Å². The highest BCUT2D eigenvalue weighted by molar-refractivity contribution is 5.33. The molecule has 0 aliphatic rings. The normalized spacial score (nSPS) is 9.21. The number of nitro benzene ring substituents is 1. The summed E-state index contributed by atoms with van der Waals surface area (Å²) in [4.78, 5) is 9.76. The number of rotatable bonds is 1. The van der Waals surface area contributed by atoms with Crippen LogP contribution >= 0.6 is 0 Å². The van der Waals surface area contributed by atoms with Crippen LogP contribution in [0.4, 0.5) is 5.69 Å². The molecule has 0 aliphatic heterocycles. The maximum absolute atomic E-state index is 10.2. The van der Waals surface area contributed by atoms with Crippen LogP contribution in [0.25, 0.3) is 0 Å². The molecule has 0 radical (unpaired) electrons. The van der Waals surface area contributed by atoms with Crippen LogP contribution in [0.5, 0.6) is 0 Å². The molecule has 0 N–H and O–H groups in total. The second-order valence-corrected chi connectivity index (χ2v) is 3.83. The van der Waals surface area contributed by atoms with E-state index in [4.69, 9.17) is 0 Å². The molecule has 1 rings (SSSR count). The predicted molar refractivity (Wildman–Crippen MR) is 58.3 cm³/mol.